The zero-order chi connectivity index (χ0) is 19.5. The van der Waals surface area contributed by atoms with Crippen LogP contribution in [-0.4, -0.2) is 54.5 Å². The number of esters is 1. The minimum Gasteiger partial charge on any atom is -0.497 e. The summed E-state index contributed by atoms with van der Waals surface area (Å²) in [6.45, 7) is 1.62. The molecule has 0 unspecified atom stereocenters. The SMILES string of the molecule is COC(=O)[C@@]1(C)N[C@@H](c2c[nH]c3ccc(OC)cc23)[C@H]2C(=O)N(C)C(=O)[C@H]21. The number of amides is 2. The molecule has 3 heterocycles. The van der Waals surface area contributed by atoms with Gasteiger partial charge < -0.3 is 14.5 Å². The molecule has 0 bridgehead atoms. The molecule has 2 aromatic rings. The van der Waals surface area contributed by atoms with Crippen LogP contribution in [0.15, 0.2) is 24.4 Å². The number of aromatic amines is 1. The van der Waals surface area contributed by atoms with Crippen LogP contribution in [0.25, 0.3) is 10.9 Å². The predicted molar refractivity (Wildman–Crippen MR) is 95.9 cm³/mol. The summed E-state index contributed by atoms with van der Waals surface area (Å²) in [4.78, 5) is 42.4. The van der Waals surface area contributed by atoms with E-state index in [-0.39, 0.29) is 11.8 Å². The number of H-pyrrole nitrogens is 1. The van der Waals surface area contributed by atoms with Crippen LogP contribution in [0.5, 0.6) is 5.75 Å². The average molecular weight is 371 g/mol. The lowest BCUT2D eigenvalue weighted by molar-refractivity contribution is -0.152. The Labute approximate surface area is 155 Å². The van der Waals surface area contributed by atoms with Crippen LogP contribution in [0.1, 0.15) is 18.5 Å². The molecule has 8 nitrogen and oxygen atoms in total. The molecule has 0 aliphatic carbocycles. The Morgan fingerprint density at radius 3 is 2.63 bits per heavy atom. The molecule has 2 saturated heterocycles. The number of likely N-dealkylation sites (tertiary alicyclic amines) is 1. The van der Waals surface area contributed by atoms with Gasteiger partial charge in [0.15, 0.2) is 0 Å². The van der Waals surface area contributed by atoms with Gasteiger partial charge in [-0.05, 0) is 30.7 Å². The maximum absolute atomic E-state index is 12.8. The van der Waals surface area contributed by atoms with Gasteiger partial charge in [-0.1, -0.05) is 0 Å². The van der Waals surface area contributed by atoms with E-state index >= 15 is 0 Å². The molecule has 0 saturated carbocycles. The molecule has 4 atom stereocenters. The number of methoxy groups -OCH3 is 2. The summed E-state index contributed by atoms with van der Waals surface area (Å²) in [5, 5.41) is 4.10. The molecule has 8 heteroatoms. The van der Waals surface area contributed by atoms with E-state index in [2.05, 4.69) is 10.3 Å². The van der Waals surface area contributed by atoms with Crippen molar-refractivity contribution in [1.82, 2.24) is 15.2 Å². The zero-order valence-corrected chi connectivity index (χ0v) is 15.5. The highest BCUT2D eigenvalue weighted by molar-refractivity contribution is 6.09. The number of nitrogens with zero attached hydrogens (tertiary/aromatic N) is 1. The van der Waals surface area contributed by atoms with E-state index in [1.165, 1.54) is 14.2 Å². The van der Waals surface area contributed by atoms with Crippen molar-refractivity contribution < 1.29 is 23.9 Å². The number of nitrogens with one attached hydrogen (secondary N) is 2. The van der Waals surface area contributed by atoms with Crippen LogP contribution in [-0.2, 0) is 19.1 Å². The van der Waals surface area contributed by atoms with E-state index < -0.39 is 29.4 Å². The summed E-state index contributed by atoms with van der Waals surface area (Å²) in [6, 6.07) is 5.08. The lowest BCUT2D eigenvalue weighted by Crippen LogP contribution is -2.53. The maximum atomic E-state index is 12.8. The molecule has 2 amide bonds. The first kappa shape index (κ1) is 17.5. The van der Waals surface area contributed by atoms with Gasteiger partial charge in [-0.3, -0.25) is 24.6 Å². The number of benzene rings is 1. The molecular formula is C19H21N3O5. The fraction of sp³-hybridized carbons (Fsp3) is 0.421. The van der Waals surface area contributed by atoms with E-state index in [4.69, 9.17) is 9.47 Å². The lowest BCUT2D eigenvalue weighted by Gasteiger charge is -2.27. The number of hydrogen-bond donors (Lipinski definition) is 2. The van der Waals surface area contributed by atoms with Crippen molar-refractivity contribution in [2.45, 2.75) is 18.5 Å². The fourth-order valence-corrected chi connectivity index (χ4v) is 4.46. The first-order chi connectivity index (χ1) is 12.8. The van der Waals surface area contributed by atoms with Crippen molar-refractivity contribution in [1.29, 1.82) is 0 Å². The van der Waals surface area contributed by atoms with Crippen LogP contribution in [0, 0.1) is 11.8 Å². The molecule has 2 aliphatic rings. The van der Waals surface area contributed by atoms with Gasteiger partial charge in [0.25, 0.3) is 0 Å². The monoisotopic (exact) mass is 371 g/mol. The molecule has 0 radical (unpaired) electrons. The van der Waals surface area contributed by atoms with Gasteiger partial charge in [-0.25, -0.2) is 0 Å². The highest BCUT2D eigenvalue weighted by Gasteiger charge is 2.66. The van der Waals surface area contributed by atoms with Gasteiger partial charge in [0, 0.05) is 30.2 Å². The van der Waals surface area contributed by atoms with E-state index in [0.717, 1.165) is 21.4 Å². The number of fused-ring (bicyclic) bond motifs is 2. The van der Waals surface area contributed by atoms with Gasteiger partial charge in [0.1, 0.15) is 11.3 Å². The molecule has 142 valence electrons. The predicted octanol–water partition coefficient (Wildman–Crippen LogP) is 0.983. The highest BCUT2D eigenvalue weighted by Crippen LogP contribution is 2.49. The molecule has 4 rings (SSSR count). The summed E-state index contributed by atoms with van der Waals surface area (Å²) in [5.41, 5.74) is 0.397. The lowest BCUT2D eigenvalue weighted by atomic mass is 9.80. The summed E-state index contributed by atoms with van der Waals surface area (Å²) in [7, 11) is 4.31. The fourth-order valence-electron chi connectivity index (χ4n) is 4.46. The Bertz CT molecular complexity index is 967. The Morgan fingerprint density at radius 2 is 1.96 bits per heavy atom. The van der Waals surface area contributed by atoms with Crippen LogP contribution >= 0.6 is 0 Å². The van der Waals surface area contributed by atoms with Gasteiger partial charge >= 0.3 is 5.97 Å². The third-order valence-electron chi connectivity index (χ3n) is 5.87. The van der Waals surface area contributed by atoms with Crippen LogP contribution in [0.3, 0.4) is 0 Å². The van der Waals surface area contributed by atoms with Crippen molar-refractivity contribution in [3.05, 3.63) is 30.0 Å². The highest BCUT2D eigenvalue weighted by atomic mass is 16.5. The van der Waals surface area contributed by atoms with Gasteiger partial charge in [0.2, 0.25) is 11.8 Å². The molecule has 1 aromatic heterocycles. The summed E-state index contributed by atoms with van der Waals surface area (Å²) >= 11 is 0. The molecule has 27 heavy (non-hydrogen) atoms. The Morgan fingerprint density at radius 1 is 1.22 bits per heavy atom. The minimum atomic E-state index is -1.29. The van der Waals surface area contributed by atoms with E-state index in [0.29, 0.717) is 5.75 Å². The smallest absolute Gasteiger partial charge is 0.326 e. The Balaban J connectivity index is 1.87. The number of ether oxygens (including phenoxy) is 2. The van der Waals surface area contributed by atoms with Crippen molar-refractivity contribution in [3.8, 4) is 5.75 Å². The maximum Gasteiger partial charge on any atom is 0.326 e. The first-order valence-corrected chi connectivity index (χ1v) is 8.66. The number of carbonyl (C=O) groups excluding carboxylic acids is 3. The van der Waals surface area contributed by atoms with Crippen LogP contribution in [0.2, 0.25) is 0 Å². The van der Waals surface area contributed by atoms with Crippen molar-refractivity contribution in [2.24, 2.45) is 11.8 Å². The third kappa shape index (κ3) is 2.22. The quantitative estimate of drug-likeness (QED) is 0.616. The van der Waals surface area contributed by atoms with Crippen LogP contribution < -0.4 is 10.1 Å². The summed E-state index contributed by atoms with van der Waals surface area (Å²) in [6.07, 6.45) is 1.80. The average Bonchev–Trinajstić information content (AvgIpc) is 3.30. The molecule has 1 aromatic carbocycles. The zero-order valence-electron chi connectivity index (χ0n) is 15.5. The molecular weight excluding hydrogens is 350 g/mol. The van der Waals surface area contributed by atoms with E-state index in [1.54, 1.807) is 20.2 Å². The Kier molecular flexibility index (Phi) is 3.78. The molecule has 2 N–H and O–H groups in total. The molecule has 2 aliphatic heterocycles. The number of hydrogen-bond acceptors (Lipinski definition) is 6. The summed E-state index contributed by atoms with van der Waals surface area (Å²) in [5.74, 6) is -2.05. The number of imide groups is 1. The first-order valence-electron chi connectivity index (χ1n) is 8.66. The second-order valence-corrected chi connectivity index (χ2v) is 7.21. The number of rotatable bonds is 3. The van der Waals surface area contributed by atoms with Gasteiger partial charge in [0.05, 0.1) is 26.1 Å². The second kappa shape index (κ2) is 5.82. The Hall–Kier alpha value is -2.87. The normalized spacial score (nSPS) is 30.1. The van der Waals surface area contributed by atoms with Crippen LogP contribution in [0.4, 0.5) is 0 Å². The van der Waals surface area contributed by atoms with Crippen molar-refractivity contribution in [3.63, 3.8) is 0 Å². The van der Waals surface area contributed by atoms with Crippen molar-refractivity contribution >= 4 is 28.7 Å². The van der Waals surface area contributed by atoms with E-state index in [1.807, 2.05) is 18.2 Å². The topological polar surface area (TPSA) is 101 Å². The number of carbonyl (C=O) groups is 3. The van der Waals surface area contributed by atoms with Gasteiger partial charge in [-0.15, -0.1) is 0 Å². The third-order valence-corrected chi connectivity index (χ3v) is 5.87. The minimum absolute atomic E-state index is 0.299. The van der Waals surface area contributed by atoms with E-state index in [9.17, 15) is 14.4 Å². The number of aromatic nitrogens is 1. The standard InChI is InChI=1S/C19H21N3O5/c1-19(18(25)27-4)14-13(16(23)22(2)17(14)24)15(21-19)11-8-20-12-6-5-9(26-3)7-10(11)12/h5-8,13-15,20-21H,1-4H3/t13-,14-,15-,19-/m0/s1. The second-order valence-electron chi connectivity index (χ2n) is 7.21. The largest absolute Gasteiger partial charge is 0.497 e. The van der Waals surface area contributed by atoms with Gasteiger partial charge in [-0.2, -0.15) is 0 Å². The summed E-state index contributed by atoms with van der Waals surface area (Å²) < 4.78 is 10.3. The van der Waals surface area contributed by atoms with Crippen molar-refractivity contribution in [2.75, 3.05) is 21.3 Å². The molecule has 0 spiro atoms. The molecule has 2 fully saturated rings.